The van der Waals surface area contributed by atoms with E-state index in [-0.39, 0.29) is 0 Å². The van der Waals surface area contributed by atoms with E-state index in [4.69, 9.17) is 5.73 Å². The zero-order valence-electron chi connectivity index (χ0n) is 22.3. The lowest BCUT2D eigenvalue weighted by atomic mass is 9.96. The standard InChI is InChI=1S/C30H62N2/c1-2-3-19-24-29(25-20-17-13-10-14-18-23-28-31)32-30-26-21-15-11-8-6-4-5-7-9-12-16-22-27-30/h29-30,32H,2-28,31H2,1H3. The van der Waals surface area contributed by atoms with Gasteiger partial charge in [0, 0.05) is 12.1 Å². The summed E-state index contributed by atoms with van der Waals surface area (Å²) in [6.45, 7) is 3.21. The molecule has 1 fully saturated rings. The summed E-state index contributed by atoms with van der Waals surface area (Å²) in [6, 6.07) is 1.55. The lowest BCUT2D eigenvalue weighted by Crippen LogP contribution is -2.38. The molecule has 1 aliphatic carbocycles. The van der Waals surface area contributed by atoms with E-state index in [0.29, 0.717) is 0 Å². The molecule has 0 aromatic rings. The first-order chi connectivity index (χ1) is 15.9. The summed E-state index contributed by atoms with van der Waals surface area (Å²) >= 11 is 0. The minimum atomic E-state index is 0.769. The normalized spacial score (nSPS) is 19.3. The lowest BCUT2D eigenvalue weighted by molar-refractivity contribution is 0.330. The fourth-order valence-corrected chi connectivity index (χ4v) is 5.56. The van der Waals surface area contributed by atoms with Crippen LogP contribution in [0.25, 0.3) is 0 Å². The van der Waals surface area contributed by atoms with Crippen molar-refractivity contribution in [2.24, 2.45) is 5.73 Å². The van der Waals surface area contributed by atoms with E-state index in [1.54, 1.807) is 0 Å². The fraction of sp³-hybridized carbons (Fsp3) is 1.00. The highest BCUT2D eigenvalue weighted by Crippen LogP contribution is 2.20. The Hall–Kier alpha value is -0.0800. The predicted molar refractivity (Wildman–Crippen MR) is 145 cm³/mol. The molecule has 2 nitrogen and oxygen atoms in total. The third kappa shape index (κ3) is 19.4. The van der Waals surface area contributed by atoms with Gasteiger partial charge in [-0.1, -0.05) is 142 Å². The molecule has 2 heteroatoms. The van der Waals surface area contributed by atoms with Gasteiger partial charge >= 0.3 is 0 Å². The van der Waals surface area contributed by atoms with E-state index in [9.17, 15) is 0 Å². The summed E-state index contributed by atoms with van der Waals surface area (Å²) in [5.74, 6) is 0. The lowest BCUT2D eigenvalue weighted by Gasteiger charge is -2.26. The van der Waals surface area contributed by atoms with Crippen molar-refractivity contribution >= 4 is 0 Å². The Bertz CT molecular complexity index is 341. The highest BCUT2D eigenvalue weighted by Gasteiger charge is 2.15. The Labute approximate surface area is 203 Å². The predicted octanol–water partition coefficient (Wildman–Crippen LogP) is 9.45. The Morgan fingerprint density at radius 3 is 1.44 bits per heavy atom. The van der Waals surface area contributed by atoms with Gasteiger partial charge in [-0.2, -0.15) is 0 Å². The molecule has 0 aliphatic heterocycles. The topological polar surface area (TPSA) is 38.0 Å². The molecule has 32 heavy (non-hydrogen) atoms. The SMILES string of the molecule is CCCCCC(CCCCCCCCCN)NC1CCCCCCCCCCCCCC1. The van der Waals surface area contributed by atoms with Gasteiger partial charge in [0.25, 0.3) is 0 Å². The molecule has 1 unspecified atom stereocenters. The van der Waals surface area contributed by atoms with Gasteiger partial charge in [-0.3, -0.25) is 0 Å². The van der Waals surface area contributed by atoms with Gasteiger partial charge in [-0.05, 0) is 38.6 Å². The number of nitrogens with two attached hydrogens (primary N) is 1. The van der Waals surface area contributed by atoms with Crippen LogP contribution < -0.4 is 11.1 Å². The van der Waals surface area contributed by atoms with Gasteiger partial charge in [0.2, 0.25) is 0 Å². The molecule has 1 atom stereocenters. The third-order valence-corrected chi connectivity index (χ3v) is 7.74. The molecular formula is C30H62N2. The van der Waals surface area contributed by atoms with Crippen LogP contribution >= 0.6 is 0 Å². The van der Waals surface area contributed by atoms with E-state index < -0.39 is 0 Å². The number of nitrogens with one attached hydrogen (secondary N) is 1. The minimum Gasteiger partial charge on any atom is -0.330 e. The monoisotopic (exact) mass is 450 g/mol. The Balaban J connectivity index is 2.38. The molecule has 1 rings (SSSR count). The molecule has 0 saturated heterocycles. The van der Waals surface area contributed by atoms with Crippen molar-refractivity contribution in [3.05, 3.63) is 0 Å². The second-order valence-corrected chi connectivity index (χ2v) is 10.9. The van der Waals surface area contributed by atoms with Crippen LogP contribution in [0, 0.1) is 0 Å². The molecule has 1 saturated carbocycles. The molecule has 0 aromatic carbocycles. The Morgan fingerprint density at radius 1 is 0.562 bits per heavy atom. The third-order valence-electron chi connectivity index (χ3n) is 7.74. The largest absolute Gasteiger partial charge is 0.330 e. The summed E-state index contributed by atoms with van der Waals surface area (Å²) in [5.41, 5.74) is 5.61. The number of unbranched alkanes of at least 4 members (excludes halogenated alkanes) is 8. The first-order valence-electron chi connectivity index (χ1n) is 15.3. The van der Waals surface area contributed by atoms with Crippen molar-refractivity contribution in [1.29, 1.82) is 0 Å². The summed E-state index contributed by atoms with van der Waals surface area (Å²) in [4.78, 5) is 0. The van der Waals surface area contributed by atoms with E-state index in [2.05, 4.69) is 12.2 Å². The van der Waals surface area contributed by atoms with Crippen molar-refractivity contribution < 1.29 is 0 Å². The van der Waals surface area contributed by atoms with Crippen LogP contribution in [0.2, 0.25) is 0 Å². The molecule has 192 valence electrons. The Kier molecular flexibility index (Phi) is 22.5. The van der Waals surface area contributed by atoms with Gasteiger partial charge in [0.15, 0.2) is 0 Å². The van der Waals surface area contributed by atoms with Crippen LogP contribution in [0.1, 0.15) is 174 Å². The number of rotatable bonds is 15. The molecule has 3 N–H and O–H groups in total. The first-order valence-corrected chi connectivity index (χ1v) is 15.3. The van der Waals surface area contributed by atoms with Gasteiger partial charge in [0.05, 0.1) is 0 Å². The maximum Gasteiger partial charge on any atom is 0.00696 e. The summed E-state index contributed by atoms with van der Waals surface area (Å²) in [7, 11) is 0. The van der Waals surface area contributed by atoms with Crippen molar-refractivity contribution in [2.45, 2.75) is 186 Å². The maximum absolute atomic E-state index is 5.61. The van der Waals surface area contributed by atoms with Crippen LogP contribution in [0.15, 0.2) is 0 Å². The highest BCUT2D eigenvalue weighted by atomic mass is 14.9. The van der Waals surface area contributed by atoms with Crippen LogP contribution in [0.4, 0.5) is 0 Å². The summed E-state index contributed by atoms with van der Waals surface area (Å²) in [5, 5.41) is 4.21. The average Bonchev–Trinajstić information content (AvgIpc) is 2.81. The zero-order chi connectivity index (χ0) is 23.0. The van der Waals surface area contributed by atoms with Crippen LogP contribution in [0.5, 0.6) is 0 Å². The molecule has 1 aliphatic rings. The maximum atomic E-state index is 5.61. The molecular weight excluding hydrogens is 388 g/mol. The molecule has 0 aromatic heterocycles. The Morgan fingerprint density at radius 2 is 0.969 bits per heavy atom. The van der Waals surface area contributed by atoms with Crippen LogP contribution in [0.3, 0.4) is 0 Å². The average molecular weight is 451 g/mol. The number of hydrogen-bond donors (Lipinski definition) is 2. The van der Waals surface area contributed by atoms with Gasteiger partial charge < -0.3 is 11.1 Å². The van der Waals surface area contributed by atoms with E-state index in [0.717, 1.165) is 18.6 Å². The van der Waals surface area contributed by atoms with E-state index in [1.165, 1.54) is 167 Å². The van der Waals surface area contributed by atoms with Gasteiger partial charge in [0.1, 0.15) is 0 Å². The molecule has 0 heterocycles. The molecule has 0 radical (unpaired) electrons. The summed E-state index contributed by atoms with van der Waals surface area (Å²) in [6.07, 6.45) is 37.1. The smallest absolute Gasteiger partial charge is 0.00696 e. The zero-order valence-corrected chi connectivity index (χ0v) is 22.3. The quantitative estimate of drug-likeness (QED) is 0.244. The first kappa shape index (κ1) is 30.0. The minimum absolute atomic E-state index is 0.769. The van der Waals surface area contributed by atoms with Crippen molar-refractivity contribution in [2.75, 3.05) is 6.54 Å². The second kappa shape index (κ2) is 24.1. The van der Waals surface area contributed by atoms with E-state index >= 15 is 0 Å². The van der Waals surface area contributed by atoms with Crippen molar-refractivity contribution in [3.8, 4) is 0 Å². The molecule has 0 amide bonds. The highest BCUT2D eigenvalue weighted by molar-refractivity contribution is 4.76. The van der Waals surface area contributed by atoms with Crippen molar-refractivity contribution in [3.63, 3.8) is 0 Å². The molecule has 0 spiro atoms. The van der Waals surface area contributed by atoms with Crippen molar-refractivity contribution in [1.82, 2.24) is 5.32 Å². The van der Waals surface area contributed by atoms with Crippen LogP contribution in [-0.4, -0.2) is 18.6 Å². The molecule has 0 bridgehead atoms. The number of hydrogen-bond acceptors (Lipinski definition) is 2. The van der Waals surface area contributed by atoms with Crippen LogP contribution in [-0.2, 0) is 0 Å². The fourth-order valence-electron chi connectivity index (χ4n) is 5.56. The second-order valence-electron chi connectivity index (χ2n) is 10.9. The van der Waals surface area contributed by atoms with E-state index in [1.807, 2.05) is 0 Å². The van der Waals surface area contributed by atoms with Gasteiger partial charge in [-0.15, -0.1) is 0 Å². The van der Waals surface area contributed by atoms with Gasteiger partial charge in [-0.25, -0.2) is 0 Å². The summed E-state index contributed by atoms with van der Waals surface area (Å²) < 4.78 is 0.